The predicted octanol–water partition coefficient (Wildman–Crippen LogP) is 0.840. The zero-order valence-electron chi connectivity index (χ0n) is 16.0. The van der Waals surface area contributed by atoms with Gasteiger partial charge in [-0.25, -0.2) is 14.4 Å². The molecule has 0 heterocycles. The van der Waals surface area contributed by atoms with Gasteiger partial charge in [0.2, 0.25) is 0 Å². The maximum Gasteiger partial charge on any atom is 0.330 e. The topological polar surface area (TPSA) is 107 Å². The lowest BCUT2D eigenvalue weighted by Crippen LogP contribution is -2.25. The van der Waals surface area contributed by atoms with Crippen molar-refractivity contribution in [1.29, 1.82) is 0 Å². The van der Waals surface area contributed by atoms with E-state index in [-0.39, 0.29) is 45.6 Å². The molecule has 0 bridgehead atoms. The SMILES string of the molecule is C=CC(=O)OCCOCC(COCCOC(=O)C=C)COCCOC(=O)C=C. The molecule has 0 aromatic carbocycles. The summed E-state index contributed by atoms with van der Waals surface area (Å²) in [6.07, 6.45) is 3.22. The van der Waals surface area contributed by atoms with E-state index in [1.54, 1.807) is 0 Å². The predicted molar refractivity (Wildman–Crippen MR) is 99.4 cm³/mol. The highest BCUT2D eigenvalue weighted by Gasteiger charge is 2.11. The van der Waals surface area contributed by atoms with Crippen molar-refractivity contribution in [3.63, 3.8) is 0 Å². The Bertz CT molecular complexity index is 430. The van der Waals surface area contributed by atoms with E-state index < -0.39 is 17.9 Å². The van der Waals surface area contributed by atoms with Gasteiger partial charge in [-0.2, -0.15) is 0 Å². The number of hydrogen-bond acceptors (Lipinski definition) is 9. The summed E-state index contributed by atoms with van der Waals surface area (Å²) in [5.74, 6) is -1.68. The number of hydrogen-bond donors (Lipinski definition) is 0. The van der Waals surface area contributed by atoms with Crippen LogP contribution in [0, 0.1) is 5.92 Å². The van der Waals surface area contributed by atoms with Gasteiger partial charge in [0.1, 0.15) is 19.8 Å². The van der Waals surface area contributed by atoms with Gasteiger partial charge in [0, 0.05) is 24.1 Å². The van der Waals surface area contributed by atoms with E-state index in [9.17, 15) is 14.4 Å². The summed E-state index contributed by atoms with van der Waals surface area (Å²) in [6.45, 7) is 11.7. The summed E-state index contributed by atoms with van der Waals surface area (Å²) in [7, 11) is 0. The third-order valence-corrected chi connectivity index (χ3v) is 2.98. The summed E-state index contributed by atoms with van der Waals surface area (Å²) < 4.78 is 30.8. The molecule has 0 atom stereocenters. The molecule has 0 radical (unpaired) electrons. The first-order valence-corrected chi connectivity index (χ1v) is 8.64. The van der Waals surface area contributed by atoms with Crippen LogP contribution in [0.1, 0.15) is 0 Å². The molecule has 0 fully saturated rings. The fraction of sp³-hybridized carbons (Fsp3) is 0.526. The van der Waals surface area contributed by atoms with E-state index in [1.165, 1.54) is 0 Å². The van der Waals surface area contributed by atoms with Crippen molar-refractivity contribution in [2.75, 3.05) is 59.5 Å². The quantitative estimate of drug-likeness (QED) is 0.143. The van der Waals surface area contributed by atoms with E-state index in [1.807, 2.05) is 0 Å². The third kappa shape index (κ3) is 15.7. The van der Waals surface area contributed by atoms with Gasteiger partial charge in [-0.05, 0) is 0 Å². The molecule has 0 saturated carbocycles. The molecule has 0 aliphatic heterocycles. The normalized spacial score (nSPS) is 10.2. The van der Waals surface area contributed by atoms with Crippen LogP contribution in [0.2, 0.25) is 0 Å². The number of esters is 3. The Kier molecular flexibility index (Phi) is 16.3. The average Bonchev–Trinajstić information content (AvgIpc) is 2.71. The van der Waals surface area contributed by atoms with Crippen molar-refractivity contribution in [3.05, 3.63) is 38.0 Å². The van der Waals surface area contributed by atoms with Gasteiger partial charge >= 0.3 is 17.9 Å². The maximum atomic E-state index is 10.9. The minimum Gasteiger partial charge on any atom is -0.460 e. The molecule has 0 aliphatic rings. The minimum absolute atomic E-state index is 0.105. The third-order valence-electron chi connectivity index (χ3n) is 2.98. The lowest BCUT2D eigenvalue weighted by molar-refractivity contribution is -0.139. The lowest BCUT2D eigenvalue weighted by Gasteiger charge is -2.17. The summed E-state index contributed by atoms with van der Waals surface area (Å²) in [5, 5.41) is 0. The Morgan fingerprint density at radius 3 is 1.11 bits per heavy atom. The van der Waals surface area contributed by atoms with Crippen LogP contribution in [0.15, 0.2) is 38.0 Å². The molecule has 0 spiro atoms. The lowest BCUT2D eigenvalue weighted by atomic mass is 10.2. The first kappa shape index (κ1) is 25.5. The Hall–Kier alpha value is -2.49. The van der Waals surface area contributed by atoms with Crippen LogP contribution in [0.3, 0.4) is 0 Å². The minimum atomic E-state index is -0.519. The van der Waals surface area contributed by atoms with Crippen LogP contribution in [0.25, 0.3) is 0 Å². The molecule has 0 amide bonds. The number of ether oxygens (including phenoxy) is 6. The molecule has 0 aliphatic carbocycles. The number of carbonyl (C=O) groups excluding carboxylic acids is 3. The van der Waals surface area contributed by atoms with Crippen LogP contribution < -0.4 is 0 Å². The molecule has 0 aromatic rings. The highest BCUT2D eigenvalue weighted by Crippen LogP contribution is 2.01. The molecular formula is C19H28O9. The largest absolute Gasteiger partial charge is 0.460 e. The van der Waals surface area contributed by atoms with E-state index in [2.05, 4.69) is 19.7 Å². The van der Waals surface area contributed by atoms with Gasteiger partial charge in [0.25, 0.3) is 0 Å². The van der Waals surface area contributed by atoms with E-state index in [4.69, 9.17) is 28.4 Å². The van der Waals surface area contributed by atoms with E-state index >= 15 is 0 Å². The van der Waals surface area contributed by atoms with Crippen molar-refractivity contribution in [3.8, 4) is 0 Å². The second kappa shape index (κ2) is 17.9. The number of rotatable bonds is 18. The Morgan fingerprint density at radius 2 is 0.857 bits per heavy atom. The van der Waals surface area contributed by atoms with E-state index in [0.717, 1.165) is 18.2 Å². The van der Waals surface area contributed by atoms with Crippen molar-refractivity contribution in [1.82, 2.24) is 0 Å². The average molecular weight is 400 g/mol. The van der Waals surface area contributed by atoms with E-state index in [0.29, 0.717) is 19.8 Å². The van der Waals surface area contributed by atoms with Gasteiger partial charge in [0.15, 0.2) is 0 Å². The van der Waals surface area contributed by atoms with Gasteiger partial charge in [-0.1, -0.05) is 19.7 Å². The van der Waals surface area contributed by atoms with Crippen molar-refractivity contribution in [2.45, 2.75) is 0 Å². The molecular weight excluding hydrogens is 372 g/mol. The summed E-state index contributed by atoms with van der Waals surface area (Å²) in [5.41, 5.74) is 0. The van der Waals surface area contributed by atoms with Crippen molar-refractivity contribution >= 4 is 17.9 Å². The van der Waals surface area contributed by atoms with Crippen molar-refractivity contribution in [2.24, 2.45) is 5.92 Å². The second-order valence-electron chi connectivity index (χ2n) is 5.21. The van der Waals surface area contributed by atoms with Crippen molar-refractivity contribution < 1.29 is 42.8 Å². The molecule has 28 heavy (non-hydrogen) atoms. The van der Waals surface area contributed by atoms with Crippen LogP contribution >= 0.6 is 0 Å². The number of carbonyl (C=O) groups is 3. The zero-order valence-corrected chi connectivity index (χ0v) is 16.0. The van der Waals surface area contributed by atoms with Crippen LogP contribution in [-0.2, 0) is 42.8 Å². The summed E-state index contributed by atoms with van der Waals surface area (Å²) in [4.78, 5) is 32.8. The standard InChI is InChI=1S/C19H28O9/c1-4-17(20)26-10-7-23-13-16(14-24-8-11-27-18(21)5-2)15-25-9-12-28-19(22)6-3/h4-6,16H,1-3,7-15H2. The molecule has 0 N–H and O–H groups in total. The maximum absolute atomic E-state index is 10.9. The summed E-state index contributed by atoms with van der Waals surface area (Å²) in [6, 6.07) is 0. The first-order valence-electron chi connectivity index (χ1n) is 8.64. The fourth-order valence-electron chi connectivity index (χ4n) is 1.67. The zero-order chi connectivity index (χ0) is 21.0. The Labute approximate surface area is 164 Å². The molecule has 0 unspecified atom stereocenters. The molecule has 9 nitrogen and oxygen atoms in total. The van der Waals surface area contributed by atoms with Crippen LogP contribution in [0.5, 0.6) is 0 Å². The molecule has 0 saturated heterocycles. The Balaban J connectivity index is 4.07. The monoisotopic (exact) mass is 400 g/mol. The summed E-state index contributed by atoms with van der Waals surface area (Å²) >= 11 is 0. The smallest absolute Gasteiger partial charge is 0.330 e. The highest BCUT2D eigenvalue weighted by atomic mass is 16.6. The van der Waals surface area contributed by atoms with Crippen LogP contribution in [0.4, 0.5) is 0 Å². The van der Waals surface area contributed by atoms with Crippen LogP contribution in [-0.4, -0.2) is 77.4 Å². The first-order chi connectivity index (χ1) is 13.5. The molecule has 0 aromatic heterocycles. The molecule has 0 rings (SSSR count). The second-order valence-corrected chi connectivity index (χ2v) is 5.21. The molecule has 158 valence electrons. The molecule has 9 heteroatoms. The van der Waals surface area contributed by atoms with Gasteiger partial charge in [-0.15, -0.1) is 0 Å². The van der Waals surface area contributed by atoms with Gasteiger partial charge in [0.05, 0.1) is 39.6 Å². The highest BCUT2D eigenvalue weighted by molar-refractivity contribution is 5.81. The van der Waals surface area contributed by atoms with Gasteiger partial charge < -0.3 is 28.4 Å². The van der Waals surface area contributed by atoms with Gasteiger partial charge in [-0.3, -0.25) is 0 Å². The Morgan fingerprint density at radius 1 is 0.571 bits per heavy atom. The fourth-order valence-corrected chi connectivity index (χ4v) is 1.67.